The second-order valence-electron chi connectivity index (χ2n) is 5.31. The van der Waals surface area contributed by atoms with Crippen molar-refractivity contribution < 1.29 is 13.2 Å². The number of hydrogen-bond acceptors (Lipinski definition) is 1. The van der Waals surface area contributed by atoms with Gasteiger partial charge in [-0.15, -0.1) is 0 Å². The van der Waals surface area contributed by atoms with E-state index in [9.17, 15) is 13.2 Å². The third-order valence-electron chi connectivity index (χ3n) is 3.83. The molecule has 0 atom stereocenters. The maximum Gasteiger partial charge on any atom is 0.161 e. The average molecular weight is 356 g/mol. The highest BCUT2D eigenvalue weighted by Crippen LogP contribution is 2.39. The minimum absolute atomic E-state index is 0.0200. The van der Waals surface area contributed by atoms with Crippen molar-refractivity contribution >= 4 is 21.6 Å². The summed E-state index contributed by atoms with van der Waals surface area (Å²) in [5.41, 5.74) is 1.25. The van der Waals surface area contributed by atoms with Gasteiger partial charge in [0.2, 0.25) is 0 Å². The smallest absolute Gasteiger partial charge is 0.161 e. The second kappa shape index (κ2) is 5.72. The Labute approximate surface area is 129 Å². The van der Waals surface area contributed by atoms with Crippen LogP contribution in [0.25, 0.3) is 0 Å². The van der Waals surface area contributed by atoms with Gasteiger partial charge in [-0.25, -0.2) is 13.2 Å². The third-order valence-corrected chi connectivity index (χ3v) is 4.32. The van der Waals surface area contributed by atoms with Crippen LogP contribution in [0, 0.1) is 17.5 Å². The van der Waals surface area contributed by atoms with Gasteiger partial charge in [0.25, 0.3) is 0 Å². The summed E-state index contributed by atoms with van der Waals surface area (Å²) in [6, 6.07) is 9.60. The van der Waals surface area contributed by atoms with Crippen LogP contribution in [-0.2, 0) is 0 Å². The van der Waals surface area contributed by atoms with Gasteiger partial charge in [0.1, 0.15) is 5.82 Å². The van der Waals surface area contributed by atoms with Crippen LogP contribution < -0.4 is 5.32 Å². The zero-order valence-electron chi connectivity index (χ0n) is 11.0. The fourth-order valence-corrected chi connectivity index (χ4v) is 3.04. The van der Waals surface area contributed by atoms with Crippen LogP contribution in [0.15, 0.2) is 40.9 Å². The number of anilines is 1. The Morgan fingerprint density at radius 3 is 2.38 bits per heavy atom. The second-order valence-corrected chi connectivity index (χ2v) is 6.23. The van der Waals surface area contributed by atoms with Gasteiger partial charge in [-0.05, 0) is 36.5 Å². The Morgan fingerprint density at radius 1 is 0.952 bits per heavy atom. The minimum Gasteiger partial charge on any atom is -0.380 e. The lowest BCUT2D eigenvalue weighted by Crippen LogP contribution is -2.34. The van der Waals surface area contributed by atoms with Crippen molar-refractivity contribution in [3.8, 4) is 0 Å². The Balaban J connectivity index is 1.64. The molecule has 0 heterocycles. The van der Waals surface area contributed by atoms with E-state index in [1.165, 1.54) is 5.56 Å². The lowest BCUT2D eigenvalue weighted by molar-refractivity contribution is 0.372. The molecule has 2 aromatic carbocycles. The minimum atomic E-state index is -1.17. The summed E-state index contributed by atoms with van der Waals surface area (Å²) < 4.78 is 40.6. The van der Waals surface area contributed by atoms with Crippen LogP contribution in [-0.4, -0.2) is 6.04 Å². The van der Waals surface area contributed by atoms with E-state index in [2.05, 4.69) is 33.4 Å². The van der Waals surface area contributed by atoms with Gasteiger partial charge in [-0.1, -0.05) is 28.1 Å². The van der Waals surface area contributed by atoms with Crippen molar-refractivity contribution in [2.45, 2.75) is 24.8 Å². The van der Waals surface area contributed by atoms with Crippen LogP contribution in [0.4, 0.5) is 18.9 Å². The quantitative estimate of drug-likeness (QED) is 0.743. The Hall–Kier alpha value is -1.49. The van der Waals surface area contributed by atoms with Crippen molar-refractivity contribution in [1.29, 1.82) is 0 Å². The van der Waals surface area contributed by atoms with Gasteiger partial charge in [0, 0.05) is 22.6 Å². The summed E-state index contributed by atoms with van der Waals surface area (Å²) in [6.07, 6.45) is 1.68. The van der Waals surface area contributed by atoms with E-state index in [4.69, 9.17) is 0 Å². The van der Waals surface area contributed by atoms with Crippen molar-refractivity contribution in [2.75, 3.05) is 5.32 Å². The van der Waals surface area contributed by atoms with Crippen LogP contribution in [0.2, 0.25) is 0 Å². The molecule has 0 aliphatic heterocycles. The molecule has 0 bridgehead atoms. The standard InChI is InChI=1S/C16H13BrF3N/c17-11-3-1-2-9(4-11)10-5-12(6-10)21-16-8-14(19)13(18)7-15(16)20/h1-4,7-8,10,12,21H,5-6H2. The van der Waals surface area contributed by atoms with E-state index in [-0.39, 0.29) is 11.7 Å². The molecule has 0 radical (unpaired) electrons. The summed E-state index contributed by atoms with van der Waals surface area (Å²) in [5, 5.41) is 2.94. The monoisotopic (exact) mass is 355 g/mol. The number of rotatable bonds is 3. The fourth-order valence-electron chi connectivity index (χ4n) is 2.62. The fraction of sp³-hybridized carbons (Fsp3) is 0.250. The summed E-state index contributed by atoms with van der Waals surface area (Å²) in [6.45, 7) is 0. The van der Waals surface area contributed by atoms with Crippen LogP contribution >= 0.6 is 15.9 Å². The number of hydrogen-bond donors (Lipinski definition) is 1. The highest BCUT2D eigenvalue weighted by atomic mass is 79.9. The predicted octanol–water partition coefficient (Wildman–Crippen LogP) is 5.22. The summed E-state index contributed by atoms with van der Waals surface area (Å²) >= 11 is 3.43. The summed E-state index contributed by atoms with van der Waals surface area (Å²) in [5.74, 6) is -2.56. The summed E-state index contributed by atoms with van der Waals surface area (Å²) in [4.78, 5) is 0. The zero-order chi connectivity index (χ0) is 15.0. The maximum absolute atomic E-state index is 13.5. The van der Waals surface area contributed by atoms with Crippen LogP contribution in [0.3, 0.4) is 0 Å². The highest BCUT2D eigenvalue weighted by Gasteiger charge is 2.31. The van der Waals surface area contributed by atoms with Crippen molar-refractivity contribution in [3.63, 3.8) is 0 Å². The Kier molecular flexibility index (Phi) is 3.93. The van der Waals surface area contributed by atoms with Crippen LogP contribution in [0.5, 0.6) is 0 Å². The molecule has 1 nitrogen and oxygen atoms in total. The molecule has 0 unspecified atom stereocenters. The number of benzene rings is 2. The van der Waals surface area contributed by atoms with E-state index in [0.717, 1.165) is 23.4 Å². The van der Waals surface area contributed by atoms with Crippen molar-refractivity contribution in [3.05, 3.63) is 63.9 Å². The predicted molar refractivity (Wildman–Crippen MR) is 79.8 cm³/mol. The maximum atomic E-state index is 13.5. The Bertz CT molecular complexity index is 669. The molecule has 21 heavy (non-hydrogen) atoms. The normalized spacial score (nSPS) is 21.0. The van der Waals surface area contributed by atoms with Gasteiger partial charge in [-0.3, -0.25) is 0 Å². The van der Waals surface area contributed by atoms with Gasteiger partial charge in [-0.2, -0.15) is 0 Å². The number of halogens is 4. The molecule has 0 amide bonds. The molecule has 1 N–H and O–H groups in total. The molecular formula is C16H13BrF3N. The van der Waals surface area contributed by atoms with Gasteiger partial charge >= 0.3 is 0 Å². The molecule has 1 aliphatic rings. The molecule has 3 rings (SSSR count). The molecule has 2 aromatic rings. The van der Waals surface area contributed by atoms with E-state index >= 15 is 0 Å². The largest absolute Gasteiger partial charge is 0.380 e. The third kappa shape index (κ3) is 3.07. The molecule has 110 valence electrons. The van der Waals surface area contributed by atoms with Gasteiger partial charge in [0.05, 0.1) is 5.69 Å². The first-order valence-electron chi connectivity index (χ1n) is 6.69. The van der Waals surface area contributed by atoms with Gasteiger partial charge < -0.3 is 5.32 Å². The molecule has 5 heteroatoms. The topological polar surface area (TPSA) is 12.0 Å². The van der Waals surface area contributed by atoms with E-state index in [1.807, 2.05) is 12.1 Å². The first-order chi connectivity index (χ1) is 10.0. The first-order valence-corrected chi connectivity index (χ1v) is 7.49. The van der Waals surface area contributed by atoms with Crippen molar-refractivity contribution in [1.82, 2.24) is 0 Å². The van der Waals surface area contributed by atoms with Crippen LogP contribution in [0.1, 0.15) is 24.3 Å². The zero-order valence-corrected chi connectivity index (χ0v) is 12.6. The molecule has 1 saturated carbocycles. The molecule has 1 fully saturated rings. The number of nitrogens with one attached hydrogen (secondary N) is 1. The lowest BCUT2D eigenvalue weighted by atomic mass is 9.76. The van der Waals surface area contributed by atoms with Crippen molar-refractivity contribution in [2.24, 2.45) is 0 Å². The van der Waals surface area contributed by atoms with E-state index in [0.29, 0.717) is 12.0 Å². The van der Waals surface area contributed by atoms with Gasteiger partial charge in [0.15, 0.2) is 11.6 Å². The SMILES string of the molecule is Fc1cc(F)c(NC2CC(c3cccc(Br)c3)C2)cc1F. The molecular weight excluding hydrogens is 343 g/mol. The molecule has 1 aliphatic carbocycles. The summed E-state index contributed by atoms with van der Waals surface area (Å²) in [7, 11) is 0. The Morgan fingerprint density at radius 2 is 1.67 bits per heavy atom. The first kappa shape index (κ1) is 14.4. The highest BCUT2D eigenvalue weighted by molar-refractivity contribution is 9.10. The molecule has 0 spiro atoms. The molecule has 0 aromatic heterocycles. The lowest BCUT2D eigenvalue weighted by Gasteiger charge is -2.37. The molecule has 0 saturated heterocycles. The van der Waals surface area contributed by atoms with E-state index < -0.39 is 17.5 Å². The average Bonchev–Trinajstić information content (AvgIpc) is 2.39. The van der Waals surface area contributed by atoms with E-state index in [1.54, 1.807) is 0 Å².